The molecular formula is C12H16ClN8Ru2+5. The van der Waals surface area contributed by atoms with Crippen LogP contribution in [0.1, 0.15) is 0 Å². The minimum atomic E-state index is 0. The van der Waals surface area contributed by atoms with Crippen LogP contribution < -0.4 is 12.4 Å². The average molecular weight is 510 g/mol. The number of hydrogen-bond donors (Lipinski definition) is 4. The van der Waals surface area contributed by atoms with Crippen molar-refractivity contribution in [2.24, 2.45) is 0 Å². The molecule has 4 aromatic rings. The molecule has 0 fully saturated rings. The summed E-state index contributed by atoms with van der Waals surface area (Å²) in [5.74, 6) is 0. The third-order valence-electron chi connectivity index (χ3n) is 1.62. The monoisotopic (exact) mass is 511 g/mol. The van der Waals surface area contributed by atoms with E-state index in [9.17, 15) is 0 Å². The Morgan fingerprint density at radius 3 is 0.696 bits per heavy atom. The van der Waals surface area contributed by atoms with Crippen LogP contribution in [0.25, 0.3) is 0 Å². The first kappa shape index (κ1) is 26.3. The van der Waals surface area contributed by atoms with Crippen molar-refractivity contribution in [3.8, 4) is 0 Å². The fraction of sp³-hybridized carbons (Fsp3) is 0. The van der Waals surface area contributed by atoms with Gasteiger partial charge in [-0.15, -0.1) is 0 Å². The molecule has 0 aromatic carbocycles. The molecule has 0 unspecified atom stereocenters. The van der Waals surface area contributed by atoms with Crippen LogP contribution in [0.4, 0.5) is 0 Å². The van der Waals surface area contributed by atoms with Crippen molar-refractivity contribution in [2.45, 2.75) is 0 Å². The molecule has 8 nitrogen and oxygen atoms in total. The van der Waals surface area contributed by atoms with E-state index in [1.807, 2.05) is 24.3 Å². The van der Waals surface area contributed by atoms with Crippen molar-refractivity contribution >= 4 is 0 Å². The SMILES string of the molecule is [Cl-].[Ru+3].[Ru+3].c1cn[nH]c1.c1cn[nH]c1.c1cn[nH]c1.c1cn[nH]c1. The zero-order valence-electron chi connectivity index (χ0n) is 11.8. The zero-order chi connectivity index (χ0) is 14.1. The number of halogens is 1. The summed E-state index contributed by atoms with van der Waals surface area (Å²) in [5.41, 5.74) is 0. The number of H-pyrrole nitrogens is 4. The summed E-state index contributed by atoms with van der Waals surface area (Å²) in [7, 11) is 0. The Morgan fingerprint density at radius 2 is 0.652 bits per heavy atom. The Labute approximate surface area is 165 Å². The van der Waals surface area contributed by atoms with E-state index in [0.29, 0.717) is 0 Å². The quantitative estimate of drug-likeness (QED) is 0.219. The van der Waals surface area contributed by atoms with Gasteiger partial charge in [0.2, 0.25) is 0 Å². The Balaban J connectivity index is -0.000000222. The summed E-state index contributed by atoms with van der Waals surface area (Å²) in [5, 5.41) is 24.8. The first-order valence-electron chi connectivity index (χ1n) is 5.75. The van der Waals surface area contributed by atoms with Crippen LogP contribution in [0.15, 0.2) is 73.8 Å². The maximum absolute atomic E-state index is 3.60. The van der Waals surface area contributed by atoms with E-state index in [1.165, 1.54) is 0 Å². The molecule has 0 bridgehead atoms. The molecule has 23 heavy (non-hydrogen) atoms. The topological polar surface area (TPSA) is 115 Å². The molecule has 11 heteroatoms. The summed E-state index contributed by atoms with van der Waals surface area (Å²) in [6, 6.07) is 7.33. The van der Waals surface area contributed by atoms with Crippen LogP contribution in [0.5, 0.6) is 0 Å². The molecule has 0 saturated heterocycles. The Kier molecular flexibility index (Phi) is 25.9. The van der Waals surface area contributed by atoms with E-state index in [0.717, 1.165) is 0 Å². The van der Waals surface area contributed by atoms with Crippen molar-refractivity contribution in [3.05, 3.63) is 73.8 Å². The smallest absolute Gasteiger partial charge is 1.00 e. The predicted octanol–water partition coefficient (Wildman–Crippen LogP) is -1.36. The van der Waals surface area contributed by atoms with E-state index in [-0.39, 0.29) is 51.4 Å². The summed E-state index contributed by atoms with van der Waals surface area (Å²) in [6.45, 7) is 0. The molecule has 0 aliphatic rings. The maximum atomic E-state index is 3.60. The normalized spacial score (nSPS) is 6.96. The van der Waals surface area contributed by atoms with Gasteiger partial charge in [-0.3, -0.25) is 20.4 Å². The molecule has 2 radical (unpaired) electrons. The molecule has 122 valence electrons. The van der Waals surface area contributed by atoms with Gasteiger partial charge >= 0.3 is 39.0 Å². The van der Waals surface area contributed by atoms with Gasteiger partial charge < -0.3 is 12.4 Å². The Hall–Kier alpha value is -1.62. The van der Waals surface area contributed by atoms with Crippen LogP contribution in [0, 0.1) is 0 Å². The fourth-order valence-electron chi connectivity index (χ4n) is 0.861. The average Bonchev–Trinajstić information content (AvgIpc) is 3.40. The first-order chi connectivity index (χ1) is 10.0. The second-order valence-electron chi connectivity index (χ2n) is 3.07. The van der Waals surface area contributed by atoms with Crippen molar-refractivity contribution in [1.82, 2.24) is 40.8 Å². The van der Waals surface area contributed by atoms with Gasteiger partial charge in [-0.2, -0.15) is 20.4 Å². The number of aromatic nitrogens is 8. The van der Waals surface area contributed by atoms with Gasteiger partial charge in [0.05, 0.1) is 0 Å². The molecule has 4 aromatic heterocycles. The van der Waals surface area contributed by atoms with Crippen LogP contribution in [0.2, 0.25) is 0 Å². The van der Waals surface area contributed by atoms with Gasteiger partial charge in [-0.25, -0.2) is 0 Å². The standard InChI is InChI=1S/4C3H4N2.ClH.2Ru/c4*1-2-4-5-3-1;;;/h4*1-3H,(H,4,5);1H;;/q;;;;;2*+3/p-1. The van der Waals surface area contributed by atoms with Gasteiger partial charge in [-0.1, -0.05) is 0 Å². The van der Waals surface area contributed by atoms with Crippen LogP contribution in [0.3, 0.4) is 0 Å². The van der Waals surface area contributed by atoms with Crippen LogP contribution in [-0.4, -0.2) is 40.8 Å². The third-order valence-corrected chi connectivity index (χ3v) is 1.62. The van der Waals surface area contributed by atoms with Crippen molar-refractivity contribution in [1.29, 1.82) is 0 Å². The Bertz CT molecular complexity index is 366. The van der Waals surface area contributed by atoms with E-state index in [2.05, 4.69) is 40.8 Å². The molecule has 0 spiro atoms. The summed E-state index contributed by atoms with van der Waals surface area (Å²) in [4.78, 5) is 0. The molecule has 4 rings (SSSR count). The molecule has 4 heterocycles. The number of rotatable bonds is 0. The van der Waals surface area contributed by atoms with Crippen molar-refractivity contribution in [2.75, 3.05) is 0 Å². The predicted molar refractivity (Wildman–Crippen MR) is 74.4 cm³/mol. The van der Waals surface area contributed by atoms with Gasteiger partial charge in [-0.05, 0) is 24.3 Å². The molecule has 0 atom stereocenters. The van der Waals surface area contributed by atoms with E-state index < -0.39 is 0 Å². The largest absolute Gasteiger partial charge is 3.00 e. The molecule has 0 saturated carbocycles. The fourth-order valence-corrected chi connectivity index (χ4v) is 0.861. The minimum Gasteiger partial charge on any atom is -1.00 e. The van der Waals surface area contributed by atoms with E-state index in [1.54, 1.807) is 49.6 Å². The van der Waals surface area contributed by atoms with Crippen LogP contribution >= 0.6 is 0 Å². The second kappa shape index (κ2) is 22.7. The second-order valence-corrected chi connectivity index (χ2v) is 3.07. The van der Waals surface area contributed by atoms with E-state index >= 15 is 0 Å². The third kappa shape index (κ3) is 20.4. The summed E-state index contributed by atoms with van der Waals surface area (Å²) < 4.78 is 0. The van der Waals surface area contributed by atoms with Gasteiger partial charge in [0.1, 0.15) is 0 Å². The molecular weight excluding hydrogens is 494 g/mol. The molecule has 0 aliphatic carbocycles. The maximum Gasteiger partial charge on any atom is 3.00 e. The number of aromatic amines is 4. The summed E-state index contributed by atoms with van der Waals surface area (Å²) in [6.07, 6.45) is 13.8. The number of nitrogens with one attached hydrogen (secondary N) is 4. The van der Waals surface area contributed by atoms with Gasteiger partial charge in [0.25, 0.3) is 0 Å². The van der Waals surface area contributed by atoms with Gasteiger partial charge in [0, 0.05) is 49.6 Å². The number of nitrogens with zero attached hydrogens (tertiary/aromatic N) is 4. The number of hydrogen-bond acceptors (Lipinski definition) is 4. The van der Waals surface area contributed by atoms with Crippen molar-refractivity contribution < 1.29 is 51.4 Å². The summed E-state index contributed by atoms with van der Waals surface area (Å²) >= 11 is 0. The van der Waals surface area contributed by atoms with Crippen LogP contribution in [-0.2, 0) is 39.0 Å². The minimum absolute atomic E-state index is 0. The van der Waals surface area contributed by atoms with Crippen molar-refractivity contribution in [3.63, 3.8) is 0 Å². The first-order valence-corrected chi connectivity index (χ1v) is 5.75. The molecule has 0 aliphatic heterocycles. The van der Waals surface area contributed by atoms with Gasteiger partial charge in [0.15, 0.2) is 0 Å². The Morgan fingerprint density at radius 1 is 0.435 bits per heavy atom. The molecule has 0 amide bonds. The molecule has 4 N–H and O–H groups in total. The van der Waals surface area contributed by atoms with E-state index in [4.69, 9.17) is 0 Å². The zero-order valence-corrected chi connectivity index (χ0v) is 16.0.